The Morgan fingerprint density at radius 1 is 1.17 bits per heavy atom. The van der Waals surface area contributed by atoms with E-state index in [0.717, 1.165) is 11.6 Å². The summed E-state index contributed by atoms with van der Waals surface area (Å²) >= 11 is 0. The SMILES string of the molecule is COCC1CN(C(=O)Cc2ccc(F)cc2)CC12CCN(c1ccc(C#N)c(C(F)(F)F)c1)CC2. The molecule has 2 aliphatic heterocycles. The molecule has 0 bridgehead atoms. The van der Waals surface area contributed by atoms with Crippen molar-refractivity contribution in [2.45, 2.75) is 25.4 Å². The molecule has 2 fully saturated rings. The predicted octanol–water partition coefficient (Wildman–Crippen LogP) is 4.65. The molecule has 1 unspecified atom stereocenters. The van der Waals surface area contributed by atoms with E-state index in [2.05, 4.69) is 0 Å². The number of halogens is 4. The molecule has 0 aromatic heterocycles. The van der Waals surface area contributed by atoms with Crippen LogP contribution in [0, 0.1) is 28.5 Å². The van der Waals surface area contributed by atoms with Crippen LogP contribution < -0.4 is 4.90 Å². The summed E-state index contributed by atoms with van der Waals surface area (Å²) in [6.45, 7) is 2.71. The van der Waals surface area contributed by atoms with Gasteiger partial charge in [-0.1, -0.05) is 12.1 Å². The van der Waals surface area contributed by atoms with Crippen molar-refractivity contribution in [3.63, 3.8) is 0 Å². The molecule has 186 valence electrons. The fourth-order valence-corrected chi connectivity index (χ4v) is 5.38. The van der Waals surface area contributed by atoms with E-state index in [-0.39, 0.29) is 35.0 Å². The van der Waals surface area contributed by atoms with Crippen LogP contribution in [0.15, 0.2) is 42.5 Å². The number of hydrogen-bond acceptors (Lipinski definition) is 4. The third-order valence-electron chi connectivity index (χ3n) is 7.36. The highest BCUT2D eigenvalue weighted by Gasteiger charge is 2.49. The minimum Gasteiger partial charge on any atom is -0.384 e. The average Bonchev–Trinajstić information content (AvgIpc) is 3.18. The van der Waals surface area contributed by atoms with Gasteiger partial charge in [-0.15, -0.1) is 0 Å². The Kier molecular flexibility index (Phi) is 7.04. The zero-order valence-electron chi connectivity index (χ0n) is 19.4. The van der Waals surface area contributed by atoms with Crippen LogP contribution in [-0.4, -0.2) is 50.7 Å². The lowest BCUT2D eigenvalue weighted by atomic mass is 9.71. The largest absolute Gasteiger partial charge is 0.417 e. The maximum absolute atomic E-state index is 13.4. The average molecular weight is 490 g/mol. The first-order valence-corrected chi connectivity index (χ1v) is 11.5. The summed E-state index contributed by atoms with van der Waals surface area (Å²) in [4.78, 5) is 16.8. The molecule has 1 atom stereocenters. The first-order chi connectivity index (χ1) is 16.6. The van der Waals surface area contributed by atoms with E-state index in [1.807, 2.05) is 9.80 Å². The van der Waals surface area contributed by atoms with Gasteiger partial charge in [0.15, 0.2) is 0 Å². The topological polar surface area (TPSA) is 56.6 Å². The van der Waals surface area contributed by atoms with Crippen LogP contribution in [0.1, 0.15) is 29.5 Å². The van der Waals surface area contributed by atoms with Crippen LogP contribution in [-0.2, 0) is 22.1 Å². The zero-order valence-corrected chi connectivity index (χ0v) is 19.4. The van der Waals surface area contributed by atoms with Gasteiger partial charge in [0.05, 0.1) is 30.2 Å². The Bertz CT molecular complexity index is 1100. The summed E-state index contributed by atoms with van der Waals surface area (Å²) in [5, 5.41) is 9.05. The van der Waals surface area contributed by atoms with Gasteiger partial charge in [0.1, 0.15) is 5.82 Å². The Morgan fingerprint density at radius 3 is 2.46 bits per heavy atom. The highest BCUT2D eigenvalue weighted by Crippen LogP contribution is 2.46. The van der Waals surface area contributed by atoms with Crippen LogP contribution in [0.3, 0.4) is 0 Å². The highest BCUT2D eigenvalue weighted by atomic mass is 19.4. The zero-order chi connectivity index (χ0) is 25.2. The molecule has 35 heavy (non-hydrogen) atoms. The van der Waals surface area contributed by atoms with Gasteiger partial charge in [-0.05, 0) is 54.2 Å². The quantitative estimate of drug-likeness (QED) is 0.574. The van der Waals surface area contributed by atoms with Crippen LogP contribution in [0.25, 0.3) is 0 Å². The van der Waals surface area contributed by atoms with E-state index >= 15 is 0 Å². The summed E-state index contributed by atoms with van der Waals surface area (Å²) in [6, 6.07) is 11.3. The van der Waals surface area contributed by atoms with Gasteiger partial charge in [-0.2, -0.15) is 18.4 Å². The highest BCUT2D eigenvalue weighted by molar-refractivity contribution is 5.79. The van der Waals surface area contributed by atoms with Crippen LogP contribution in [0.2, 0.25) is 0 Å². The first kappa shape index (κ1) is 25.0. The van der Waals surface area contributed by atoms with Gasteiger partial charge in [0.2, 0.25) is 5.91 Å². The number of amides is 1. The molecular weight excluding hydrogens is 462 g/mol. The molecule has 1 amide bonds. The Morgan fingerprint density at radius 2 is 1.86 bits per heavy atom. The fraction of sp³-hybridized carbons (Fsp3) is 0.462. The predicted molar refractivity (Wildman–Crippen MR) is 122 cm³/mol. The minimum atomic E-state index is -4.60. The lowest BCUT2D eigenvalue weighted by molar-refractivity contribution is -0.137. The molecule has 2 aliphatic rings. The molecule has 0 N–H and O–H groups in total. The number of methoxy groups -OCH3 is 1. The lowest BCUT2D eigenvalue weighted by Crippen LogP contribution is -2.45. The van der Waals surface area contributed by atoms with Crippen molar-refractivity contribution in [2.75, 3.05) is 44.8 Å². The molecule has 1 spiro atoms. The van der Waals surface area contributed by atoms with Crippen LogP contribution in [0.4, 0.5) is 23.2 Å². The molecule has 5 nitrogen and oxygen atoms in total. The Balaban J connectivity index is 1.47. The number of hydrogen-bond donors (Lipinski definition) is 0. The number of nitriles is 1. The third-order valence-corrected chi connectivity index (χ3v) is 7.36. The normalized spacial score (nSPS) is 19.7. The Hall–Kier alpha value is -3.12. The van der Waals surface area contributed by atoms with Crippen molar-refractivity contribution in [1.82, 2.24) is 4.90 Å². The van der Waals surface area contributed by atoms with E-state index in [4.69, 9.17) is 10.00 Å². The van der Waals surface area contributed by atoms with Crippen molar-refractivity contribution in [3.05, 3.63) is 65.0 Å². The smallest absolute Gasteiger partial charge is 0.384 e. The maximum atomic E-state index is 13.4. The molecule has 0 radical (unpaired) electrons. The van der Waals surface area contributed by atoms with Crippen LogP contribution in [0.5, 0.6) is 0 Å². The summed E-state index contributed by atoms with van der Waals surface area (Å²) in [6.07, 6.45) is -2.99. The second-order valence-corrected chi connectivity index (χ2v) is 9.42. The van der Waals surface area contributed by atoms with E-state index in [1.54, 1.807) is 31.4 Å². The van der Waals surface area contributed by atoms with Gasteiger partial charge in [-0.25, -0.2) is 4.39 Å². The molecule has 0 saturated carbocycles. The number of carbonyl (C=O) groups is 1. The number of alkyl halides is 3. The molecule has 2 aromatic rings. The third kappa shape index (κ3) is 5.27. The second-order valence-electron chi connectivity index (χ2n) is 9.42. The van der Waals surface area contributed by atoms with Crippen molar-refractivity contribution < 1.29 is 27.1 Å². The van der Waals surface area contributed by atoms with Gasteiger partial charge in [0.25, 0.3) is 0 Å². The second kappa shape index (κ2) is 9.86. The summed E-state index contributed by atoms with van der Waals surface area (Å²) in [5.74, 6) is -0.254. The number of likely N-dealkylation sites (tertiary alicyclic amines) is 1. The number of nitrogens with zero attached hydrogens (tertiary/aromatic N) is 3. The van der Waals surface area contributed by atoms with Gasteiger partial charge < -0.3 is 14.5 Å². The number of rotatable bonds is 5. The van der Waals surface area contributed by atoms with Crippen LogP contribution >= 0.6 is 0 Å². The summed E-state index contributed by atoms with van der Waals surface area (Å²) in [7, 11) is 1.63. The molecule has 0 aliphatic carbocycles. The van der Waals surface area contributed by atoms with Crippen molar-refractivity contribution in [3.8, 4) is 6.07 Å². The number of ether oxygens (including phenoxy) is 1. The minimum absolute atomic E-state index is 0.0288. The van der Waals surface area contributed by atoms with Crippen molar-refractivity contribution in [1.29, 1.82) is 5.26 Å². The van der Waals surface area contributed by atoms with E-state index in [1.165, 1.54) is 18.2 Å². The Labute approximate surface area is 201 Å². The van der Waals surface area contributed by atoms with Gasteiger partial charge >= 0.3 is 6.18 Å². The van der Waals surface area contributed by atoms with Gasteiger partial charge in [0, 0.05) is 44.9 Å². The fourth-order valence-electron chi connectivity index (χ4n) is 5.38. The molecule has 2 aromatic carbocycles. The molecule has 4 rings (SSSR count). The lowest BCUT2D eigenvalue weighted by Gasteiger charge is -2.43. The number of carbonyl (C=O) groups excluding carboxylic acids is 1. The molecule has 9 heteroatoms. The summed E-state index contributed by atoms with van der Waals surface area (Å²) < 4.78 is 58.9. The number of piperidine rings is 1. The summed E-state index contributed by atoms with van der Waals surface area (Å²) in [5.41, 5.74) is -0.298. The van der Waals surface area contributed by atoms with E-state index in [9.17, 15) is 22.4 Å². The van der Waals surface area contributed by atoms with Gasteiger partial charge in [-0.3, -0.25) is 4.79 Å². The first-order valence-electron chi connectivity index (χ1n) is 11.5. The van der Waals surface area contributed by atoms with E-state index in [0.29, 0.717) is 51.3 Å². The molecule has 2 heterocycles. The van der Waals surface area contributed by atoms with Crippen molar-refractivity contribution in [2.24, 2.45) is 11.3 Å². The maximum Gasteiger partial charge on any atom is 0.417 e. The molecular formula is C26H27F4N3O2. The van der Waals surface area contributed by atoms with Crippen molar-refractivity contribution >= 4 is 11.6 Å². The number of anilines is 1. The standard InChI is InChI=1S/C26H27F4N3O2/c1-35-16-20-15-33(24(34)12-18-2-5-21(27)6-3-18)17-25(20)8-10-32(11-9-25)22-7-4-19(14-31)23(13-22)26(28,29)30/h2-7,13,20H,8-12,15-17H2,1H3. The number of benzene rings is 2. The monoisotopic (exact) mass is 489 g/mol. The van der Waals surface area contributed by atoms with E-state index < -0.39 is 11.7 Å². The molecule has 2 saturated heterocycles.